The molecule has 1 spiro atoms. The van der Waals surface area contributed by atoms with Gasteiger partial charge in [0.25, 0.3) is 0 Å². The highest BCUT2D eigenvalue weighted by Gasteiger charge is 2.36. The largest absolute Gasteiger partial charge is 0.313 e. The molecule has 1 aliphatic heterocycles. The summed E-state index contributed by atoms with van der Waals surface area (Å²) >= 11 is 0. The van der Waals surface area contributed by atoms with Crippen molar-refractivity contribution in [2.24, 2.45) is 5.41 Å². The van der Waals surface area contributed by atoms with Gasteiger partial charge in [-0.05, 0) is 19.9 Å². The molecule has 1 fully saturated rings. The fourth-order valence-electron chi connectivity index (χ4n) is 1.89. The van der Waals surface area contributed by atoms with Gasteiger partial charge in [0.05, 0.1) is 0 Å². The molecule has 1 nitrogen and oxygen atoms in total. The number of allylic oxidation sites excluding steroid dienone is 2. The van der Waals surface area contributed by atoms with Gasteiger partial charge in [-0.2, -0.15) is 0 Å². The van der Waals surface area contributed by atoms with E-state index >= 15 is 0 Å². The Balaban J connectivity index is 2.29. The van der Waals surface area contributed by atoms with E-state index in [1.807, 2.05) is 0 Å². The molecule has 0 bridgehead atoms. The summed E-state index contributed by atoms with van der Waals surface area (Å²) in [7, 11) is 0. The van der Waals surface area contributed by atoms with Gasteiger partial charge in [-0.25, -0.2) is 0 Å². The summed E-state index contributed by atoms with van der Waals surface area (Å²) < 4.78 is 0. The van der Waals surface area contributed by atoms with E-state index in [4.69, 9.17) is 0 Å². The van der Waals surface area contributed by atoms with Gasteiger partial charge in [0.15, 0.2) is 0 Å². The molecule has 0 amide bonds. The third-order valence-corrected chi connectivity index (χ3v) is 2.74. The third kappa shape index (κ3) is 0.671. The van der Waals surface area contributed by atoms with Gasteiger partial charge in [0.1, 0.15) is 0 Å². The molecule has 0 aromatic rings. The minimum absolute atomic E-state index is 0.375. The highest BCUT2D eigenvalue weighted by atomic mass is 15.0. The Hall–Kier alpha value is -0.560. The molecule has 1 aliphatic carbocycles. The standard InChI is InChI=1S/C9H13N/c1-8-9(6-7-10-8)4-2-3-5-9/h2-5,8,10H,6-7H2,1H3. The van der Waals surface area contributed by atoms with Crippen LogP contribution >= 0.6 is 0 Å². The maximum absolute atomic E-state index is 3.45. The summed E-state index contributed by atoms with van der Waals surface area (Å²) in [6.45, 7) is 3.42. The van der Waals surface area contributed by atoms with Crippen molar-refractivity contribution in [3.63, 3.8) is 0 Å². The number of hydrogen-bond donors (Lipinski definition) is 1. The first kappa shape index (κ1) is 6.17. The Bertz CT molecular complexity index is 179. The van der Waals surface area contributed by atoms with Crippen molar-refractivity contribution in [2.45, 2.75) is 19.4 Å². The van der Waals surface area contributed by atoms with Crippen LogP contribution in [0.4, 0.5) is 0 Å². The summed E-state index contributed by atoms with van der Waals surface area (Å²) in [6, 6.07) is 0.627. The van der Waals surface area contributed by atoms with Crippen molar-refractivity contribution in [1.29, 1.82) is 0 Å². The lowest BCUT2D eigenvalue weighted by Crippen LogP contribution is -2.29. The zero-order valence-corrected chi connectivity index (χ0v) is 6.30. The van der Waals surface area contributed by atoms with Gasteiger partial charge in [0.2, 0.25) is 0 Å². The second kappa shape index (κ2) is 1.96. The first-order valence-corrected chi connectivity index (χ1v) is 3.94. The number of hydrogen-bond acceptors (Lipinski definition) is 1. The molecule has 0 aromatic carbocycles. The van der Waals surface area contributed by atoms with Crippen LogP contribution in [0.3, 0.4) is 0 Å². The Kier molecular flexibility index (Phi) is 1.21. The molecular formula is C9H13N. The van der Waals surface area contributed by atoms with Gasteiger partial charge >= 0.3 is 0 Å². The minimum atomic E-state index is 0.375. The smallest absolute Gasteiger partial charge is 0.0230 e. The van der Waals surface area contributed by atoms with E-state index < -0.39 is 0 Å². The second-order valence-corrected chi connectivity index (χ2v) is 3.26. The Morgan fingerprint density at radius 1 is 1.40 bits per heavy atom. The maximum Gasteiger partial charge on any atom is 0.0230 e. The van der Waals surface area contributed by atoms with Crippen LogP contribution in [-0.4, -0.2) is 12.6 Å². The van der Waals surface area contributed by atoms with E-state index in [1.54, 1.807) is 0 Å². The average Bonchev–Trinajstić information content (AvgIpc) is 2.48. The van der Waals surface area contributed by atoms with Crippen LogP contribution in [0.2, 0.25) is 0 Å². The summed E-state index contributed by atoms with van der Waals surface area (Å²) in [5.74, 6) is 0. The van der Waals surface area contributed by atoms with Crippen LogP contribution in [0.5, 0.6) is 0 Å². The van der Waals surface area contributed by atoms with Crippen LogP contribution in [0.25, 0.3) is 0 Å². The van der Waals surface area contributed by atoms with E-state index in [1.165, 1.54) is 6.42 Å². The zero-order valence-electron chi connectivity index (χ0n) is 6.30. The molecule has 1 heteroatoms. The van der Waals surface area contributed by atoms with Crippen molar-refractivity contribution in [3.05, 3.63) is 24.3 Å². The minimum Gasteiger partial charge on any atom is -0.313 e. The maximum atomic E-state index is 3.45. The monoisotopic (exact) mass is 135 g/mol. The summed E-state index contributed by atoms with van der Waals surface area (Å²) in [6.07, 6.45) is 10.2. The molecule has 0 radical (unpaired) electrons. The topological polar surface area (TPSA) is 12.0 Å². The van der Waals surface area contributed by atoms with Crippen LogP contribution in [0, 0.1) is 5.41 Å². The lowest BCUT2D eigenvalue weighted by Gasteiger charge is -2.23. The molecule has 1 atom stereocenters. The lowest BCUT2D eigenvalue weighted by atomic mass is 9.83. The van der Waals surface area contributed by atoms with E-state index in [-0.39, 0.29) is 0 Å². The first-order chi connectivity index (χ1) is 4.83. The first-order valence-electron chi connectivity index (χ1n) is 3.94. The highest BCUT2D eigenvalue weighted by molar-refractivity contribution is 5.29. The van der Waals surface area contributed by atoms with Crippen LogP contribution in [-0.2, 0) is 0 Å². The molecule has 1 N–H and O–H groups in total. The van der Waals surface area contributed by atoms with Crippen molar-refractivity contribution < 1.29 is 0 Å². The van der Waals surface area contributed by atoms with Gasteiger partial charge in [-0.3, -0.25) is 0 Å². The molecular weight excluding hydrogens is 122 g/mol. The van der Waals surface area contributed by atoms with Crippen LogP contribution < -0.4 is 5.32 Å². The summed E-state index contributed by atoms with van der Waals surface area (Å²) in [5.41, 5.74) is 0.375. The molecule has 54 valence electrons. The number of nitrogens with one attached hydrogen (secondary N) is 1. The fourth-order valence-corrected chi connectivity index (χ4v) is 1.89. The summed E-state index contributed by atoms with van der Waals surface area (Å²) in [5, 5.41) is 3.45. The number of rotatable bonds is 0. The van der Waals surface area contributed by atoms with Crippen molar-refractivity contribution in [2.75, 3.05) is 6.54 Å². The van der Waals surface area contributed by atoms with Gasteiger partial charge < -0.3 is 5.32 Å². The molecule has 10 heavy (non-hydrogen) atoms. The van der Waals surface area contributed by atoms with Crippen molar-refractivity contribution >= 4 is 0 Å². The van der Waals surface area contributed by atoms with E-state index in [0.717, 1.165) is 6.54 Å². The van der Waals surface area contributed by atoms with E-state index in [2.05, 4.69) is 36.5 Å². The quantitative estimate of drug-likeness (QED) is 0.530. The van der Waals surface area contributed by atoms with Crippen molar-refractivity contribution in [1.82, 2.24) is 5.32 Å². The normalized spacial score (nSPS) is 34.3. The molecule has 0 aromatic heterocycles. The van der Waals surface area contributed by atoms with Gasteiger partial charge in [0, 0.05) is 11.5 Å². The Labute approximate surface area is 61.8 Å². The van der Waals surface area contributed by atoms with Crippen LogP contribution in [0.1, 0.15) is 13.3 Å². The van der Waals surface area contributed by atoms with Crippen molar-refractivity contribution in [3.8, 4) is 0 Å². The average molecular weight is 135 g/mol. The molecule has 2 rings (SSSR count). The van der Waals surface area contributed by atoms with Gasteiger partial charge in [-0.1, -0.05) is 24.3 Å². The fraction of sp³-hybridized carbons (Fsp3) is 0.556. The van der Waals surface area contributed by atoms with Gasteiger partial charge in [-0.15, -0.1) is 0 Å². The molecule has 0 saturated carbocycles. The Morgan fingerprint density at radius 3 is 2.60 bits per heavy atom. The van der Waals surface area contributed by atoms with E-state index in [0.29, 0.717) is 11.5 Å². The molecule has 1 saturated heterocycles. The lowest BCUT2D eigenvalue weighted by molar-refractivity contribution is 0.448. The zero-order chi connectivity index (χ0) is 7.03. The molecule has 2 aliphatic rings. The third-order valence-electron chi connectivity index (χ3n) is 2.74. The van der Waals surface area contributed by atoms with E-state index in [9.17, 15) is 0 Å². The highest BCUT2D eigenvalue weighted by Crippen LogP contribution is 2.37. The van der Waals surface area contributed by atoms with Crippen LogP contribution in [0.15, 0.2) is 24.3 Å². The predicted octanol–water partition coefficient (Wildman–Crippen LogP) is 1.48. The Morgan fingerprint density at radius 2 is 2.10 bits per heavy atom. The second-order valence-electron chi connectivity index (χ2n) is 3.26. The SMILES string of the molecule is CC1NCCC12C=CC=C2. The molecule has 1 unspecified atom stereocenters. The molecule has 1 heterocycles. The predicted molar refractivity (Wildman–Crippen MR) is 42.8 cm³/mol. The summed E-state index contributed by atoms with van der Waals surface area (Å²) in [4.78, 5) is 0.